The first-order valence-corrected chi connectivity index (χ1v) is 4.37. The van der Waals surface area contributed by atoms with Crippen LogP contribution in [0.4, 0.5) is 0 Å². The van der Waals surface area contributed by atoms with Crippen molar-refractivity contribution < 1.29 is 19.8 Å². The number of hydrogen-bond acceptors (Lipinski definition) is 3. The molecule has 0 saturated heterocycles. The summed E-state index contributed by atoms with van der Waals surface area (Å²) < 4.78 is 0. The minimum atomic E-state index is -1.26. The molecule has 0 aliphatic rings. The predicted octanol–water partition coefficient (Wildman–Crippen LogP) is 2.20. The quantitative estimate of drug-likeness (QED) is 0.698. The average molecular weight is 237 g/mol. The summed E-state index contributed by atoms with van der Waals surface area (Å²) >= 11 is 0. The third-order valence-electron chi connectivity index (χ3n) is 1.40. The normalized spacial score (nSPS) is 8.47. The lowest BCUT2D eigenvalue weighted by Gasteiger charge is -1.85. The first kappa shape index (κ1) is 17.0. The van der Waals surface area contributed by atoms with Crippen molar-refractivity contribution in [2.24, 2.45) is 0 Å². The van der Waals surface area contributed by atoms with E-state index < -0.39 is 11.9 Å². The Hall–Kier alpha value is -2.40. The number of carboxylic acid groups (broad SMARTS) is 2. The molecule has 92 valence electrons. The van der Waals surface area contributed by atoms with Gasteiger partial charge in [0.15, 0.2) is 0 Å². The summed E-state index contributed by atoms with van der Waals surface area (Å²) in [5.74, 6) is -2.51. The molecule has 0 spiro atoms. The Bertz CT molecular complexity index is 369. The van der Waals surface area contributed by atoms with Crippen molar-refractivity contribution in [3.8, 4) is 0 Å². The maximum Gasteiger partial charge on any atom is 0.328 e. The second-order valence-corrected chi connectivity index (χ2v) is 2.62. The second kappa shape index (κ2) is 10.1. The Morgan fingerprint density at radius 1 is 1.00 bits per heavy atom. The maximum atomic E-state index is 9.55. The van der Waals surface area contributed by atoms with Crippen LogP contribution in [-0.2, 0) is 9.59 Å². The third-order valence-corrected chi connectivity index (χ3v) is 1.40. The molecule has 0 aliphatic carbocycles. The van der Waals surface area contributed by atoms with Crippen LogP contribution in [0.5, 0.6) is 0 Å². The van der Waals surface area contributed by atoms with Gasteiger partial charge in [-0.1, -0.05) is 43.0 Å². The predicted molar refractivity (Wildman–Crippen MR) is 66.0 cm³/mol. The molecule has 0 saturated carbocycles. The smallest absolute Gasteiger partial charge is 0.328 e. The molecule has 0 bridgehead atoms. The van der Waals surface area contributed by atoms with Crippen molar-refractivity contribution in [3.05, 3.63) is 54.6 Å². The fourth-order valence-electron chi connectivity index (χ4n) is 0.732. The van der Waals surface area contributed by atoms with Crippen LogP contribution in [0.1, 0.15) is 5.56 Å². The highest BCUT2D eigenvalue weighted by Gasteiger charge is 1.88. The van der Waals surface area contributed by atoms with Gasteiger partial charge in [-0.25, -0.2) is 9.59 Å². The molecule has 5 N–H and O–H groups in total. The van der Waals surface area contributed by atoms with E-state index in [1.165, 1.54) is 5.56 Å². The molecule has 0 amide bonds. The van der Waals surface area contributed by atoms with Crippen LogP contribution in [0.2, 0.25) is 0 Å². The Labute approximate surface area is 99.3 Å². The van der Waals surface area contributed by atoms with Crippen molar-refractivity contribution in [1.82, 2.24) is 6.15 Å². The van der Waals surface area contributed by atoms with E-state index in [2.05, 4.69) is 6.58 Å². The molecular formula is C12H15NO4. The second-order valence-electron chi connectivity index (χ2n) is 2.62. The summed E-state index contributed by atoms with van der Waals surface area (Å²) in [7, 11) is 0. The Balaban J connectivity index is 0. The number of rotatable bonds is 3. The van der Waals surface area contributed by atoms with E-state index >= 15 is 0 Å². The van der Waals surface area contributed by atoms with Crippen LogP contribution in [0.15, 0.2) is 49.1 Å². The van der Waals surface area contributed by atoms with Gasteiger partial charge in [-0.3, -0.25) is 0 Å². The Morgan fingerprint density at radius 2 is 1.41 bits per heavy atom. The lowest BCUT2D eigenvalue weighted by atomic mass is 10.2. The zero-order chi connectivity index (χ0) is 12.4. The van der Waals surface area contributed by atoms with Crippen molar-refractivity contribution in [2.75, 3.05) is 0 Å². The highest BCUT2D eigenvalue weighted by molar-refractivity contribution is 5.89. The molecule has 1 aromatic carbocycles. The monoisotopic (exact) mass is 237 g/mol. The van der Waals surface area contributed by atoms with Gasteiger partial charge in [0.05, 0.1) is 0 Å². The van der Waals surface area contributed by atoms with Gasteiger partial charge in [0.1, 0.15) is 0 Å². The van der Waals surface area contributed by atoms with Crippen LogP contribution < -0.4 is 6.15 Å². The number of benzene rings is 1. The molecule has 0 aliphatic heterocycles. The zero-order valence-electron chi connectivity index (χ0n) is 9.24. The zero-order valence-corrected chi connectivity index (χ0v) is 9.24. The van der Waals surface area contributed by atoms with Crippen LogP contribution >= 0.6 is 0 Å². The molecule has 1 aromatic rings. The van der Waals surface area contributed by atoms with Crippen molar-refractivity contribution in [1.29, 1.82) is 0 Å². The van der Waals surface area contributed by atoms with Gasteiger partial charge in [-0.05, 0) is 5.56 Å². The van der Waals surface area contributed by atoms with Gasteiger partial charge in [-0.15, -0.1) is 0 Å². The van der Waals surface area contributed by atoms with E-state index in [9.17, 15) is 9.59 Å². The standard InChI is InChI=1S/C8H8.C4H4O4.H3N/c1-2-8-6-4-3-5-7-8;5-3(6)1-2-4(7)8;/h2-7H,1H2;1-2H,(H,5,6)(H,7,8);1H3. The molecule has 0 atom stereocenters. The van der Waals surface area contributed by atoms with Crippen molar-refractivity contribution in [3.63, 3.8) is 0 Å². The van der Waals surface area contributed by atoms with E-state index in [1.54, 1.807) is 0 Å². The molecule has 5 nitrogen and oxygen atoms in total. The summed E-state index contributed by atoms with van der Waals surface area (Å²) in [6.07, 6.45) is 2.95. The lowest BCUT2D eigenvalue weighted by Crippen LogP contribution is -1.91. The molecular weight excluding hydrogens is 222 g/mol. The Morgan fingerprint density at radius 3 is 1.65 bits per heavy atom. The first-order chi connectivity index (χ1) is 7.56. The van der Waals surface area contributed by atoms with E-state index in [-0.39, 0.29) is 6.15 Å². The first-order valence-electron chi connectivity index (χ1n) is 4.37. The summed E-state index contributed by atoms with van der Waals surface area (Å²) in [4.78, 5) is 19.1. The van der Waals surface area contributed by atoms with E-state index in [0.717, 1.165) is 0 Å². The summed E-state index contributed by atoms with van der Waals surface area (Å²) in [6, 6.07) is 10.0. The van der Waals surface area contributed by atoms with Gasteiger partial charge in [0.2, 0.25) is 0 Å². The van der Waals surface area contributed by atoms with Crippen LogP contribution in [0, 0.1) is 0 Å². The number of carbonyl (C=O) groups is 2. The largest absolute Gasteiger partial charge is 0.478 e. The average Bonchev–Trinajstić information content (AvgIpc) is 2.28. The number of carboxylic acids is 2. The number of aliphatic carboxylic acids is 2. The van der Waals surface area contributed by atoms with E-state index in [0.29, 0.717) is 12.2 Å². The highest BCUT2D eigenvalue weighted by atomic mass is 16.4. The van der Waals surface area contributed by atoms with Gasteiger partial charge in [0.25, 0.3) is 0 Å². The summed E-state index contributed by atoms with van der Waals surface area (Å²) in [6.45, 7) is 3.63. The molecule has 0 radical (unpaired) electrons. The fraction of sp³-hybridized carbons (Fsp3) is 0. The summed E-state index contributed by atoms with van der Waals surface area (Å²) in [5, 5.41) is 15.6. The van der Waals surface area contributed by atoms with E-state index in [1.807, 2.05) is 36.4 Å². The van der Waals surface area contributed by atoms with Crippen LogP contribution in [-0.4, -0.2) is 22.2 Å². The molecule has 17 heavy (non-hydrogen) atoms. The minimum Gasteiger partial charge on any atom is -0.478 e. The molecule has 0 aromatic heterocycles. The van der Waals surface area contributed by atoms with Crippen LogP contribution in [0.3, 0.4) is 0 Å². The Kier molecular flexibility index (Phi) is 10.1. The topological polar surface area (TPSA) is 110 Å². The summed E-state index contributed by atoms with van der Waals surface area (Å²) in [5.41, 5.74) is 1.17. The van der Waals surface area contributed by atoms with Gasteiger partial charge in [0, 0.05) is 12.2 Å². The van der Waals surface area contributed by atoms with Crippen LogP contribution in [0.25, 0.3) is 6.08 Å². The van der Waals surface area contributed by atoms with Crippen molar-refractivity contribution >= 4 is 18.0 Å². The van der Waals surface area contributed by atoms with E-state index in [4.69, 9.17) is 10.2 Å². The SMILES string of the molecule is C=Cc1ccccc1.N.O=C(O)C=CC(=O)O. The molecule has 0 fully saturated rings. The minimum absolute atomic E-state index is 0. The van der Waals surface area contributed by atoms with Crippen molar-refractivity contribution in [2.45, 2.75) is 0 Å². The molecule has 0 unspecified atom stereocenters. The number of hydrogen-bond donors (Lipinski definition) is 3. The molecule has 0 heterocycles. The van der Waals surface area contributed by atoms with Gasteiger partial charge < -0.3 is 16.4 Å². The van der Waals surface area contributed by atoms with Gasteiger partial charge in [-0.2, -0.15) is 0 Å². The fourth-order valence-corrected chi connectivity index (χ4v) is 0.732. The maximum absolute atomic E-state index is 9.55. The lowest BCUT2D eigenvalue weighted by molar-refractivity contribution is -0.134. The highest BCUT2D eigenvalue weighted by Crippen LogP contribution is 1.97. The molecule has 1 rings (SSSR count). The third kappa shape index (κ3) is 11.5. The molecule has 5 heteroatoms. The van der Waals surface area contributed by atoms with Gasteiger partial charge >= 0.3 is 11.9 Å².